The van der Waals surface area contributed by atoms with Gasteiger partial charge in [0, 0.05) is 6.61 Å². The molecule has 17 heavy (non-hydrogen) atoms. The van der Waals surface area contributed by atoms with Crippen molar-refractivity contribution in [3.05, 3.63) is 29.8 Å². The van der Waals surface area contributed by atoms with Crippen LogP contribution in [0.4, 0.5) is 0 Å². The van der Waals surface area contributed by atoms with E-state index in [0.29, 0.717) is 25.0 Å². The van der Waals surface area contributed by atoms with E-state index in [0.717, 1.165) is 0 Å². The monoisotopic (exact) mass is 236 g/mol. The molecule has 1 atom stereocenters. The number of hydrogen-bond acceptors (Lipinski definition) is 4. The van der Waals surface area contributed by atoms with Gasteiger partial charge in [0.2, 0.25) is 0 Å². The summed E-state index contributed by atoms with van der Waals surface area (Å²) in [5, 5.41) is 27.5. The zero-order valence-corrected chi connectivity index (χ0v) is 9.17. The third-order valence-electron chi connectivity index (χ3n) is 3.02. The fourth-order valence-corrected chi connectivity index (χ4v) is 2.11. The van der Waals surface area contributed by atoms with Crippen molar-refractivity contribution in [2.24, 2.45) is 0 Å². The van der Waals surface area contributed by atoms with Crippen LogP contribution >= 0.6 is 0 Å². The van der Waals surface area contributed by atoms with Crippen molar-refractivity contribution >= 4 is 18.6 Å². The van der Waals surface area contributed by atoms with E-state index in [-0.39, 0.29) is 5.46 Å². The number of carbonyl (C=O) groups is 1. The number of rotatable bonds is 3. The maximum Gasteiger partial charge on any atom is 0.488 e. The summed E-state index contributed by atoms with van der Waals surface area (Å²) in [6.45, 7) is 0.401. The lowest BCUT2D eigenvalue weighted by Crippen LogP contribution is -2.37. The smallest absolute Gasteiger partial charge is 0.479 e. The summed E-state index contributed by atoms with van der Waals surface area (Å²) in [5.41, 5.74) is -0.628. The van der Waals surface area contributed by atoms with Gasteiger partial charge >= 0.3 is 13.1 Å². The molecule has 1 aromatic rings. The Balaban J connectivity index is 2.43. The topological polar surface area (TPSA) is 87.0 Å². The van der Waals surface area contributed by atoms with Gasteiger partial charge in [0.15, 0.2) is 5.60 Å². The van der Waals surface area contributed by atoms with Gasteiger partial charge in [-0.1, -0.05) is 24.3 Å². The molecule has 0 amide bonds. The van der Waals surface area contributed by atoms with Crippen LogP contribution in [0.1, 0.15) is 18.4 Å². The highest BCUT2D eigenvalue weighted by Crippen LogP contribution is 2.36. The summed E-state index contributed by atoms with van der Waals surface area (Å²) in [5.74, 6) is -1.04. The van der Waals surface area contributed by atoms with Gasteiger partial charge in [0.05, 0.1) is 0 Å². The van der Waals surface area contributed by atoms with E-state index in [9.17, 15) is 9.90 Å². The average molecular weight is 236 g/mol. The molecule has 2 rings (SSSR count). The molecule has 1 aliphatic rings. The second-order valence-electron chi connectivity index (χ2n) is 4.08. The molecule has 90 valence electrons. The lowest BCUT2D eigenvalue weighted by Gasteiger charge is -2.24. The number of hydrogen-bond donors (Lipinski definition) is 3. The predicted molar refractivity (Wildman–Crippen MR) is 60.8 cm³/mol. The number of aliphatic carboxylic acids is 1. The standard InChI is InChI=1S/C11H13BO5/c13-10(14)11(5-2-6-17-11)8-3-1-4-9(7-8)12(15)16/h1,3-4,7,15-16H,2,5-6H2,(H,13,14). The maximum absolute atomic E-state index is 11.4. The van der Waals surface area contributed by atoms with Crippen LogP contribution in [0.5, 0.6) is 0 Å². The highest BCUT2D eigenvalue weighted by Gasteiger charge is 2.44. The fraction of sp³-hybridized carbons (Fsp3) is 0.364. The Morgan fingerprint density at radius 3 is 2.71 bits per heavy atom. The lowest BCUT2D eigenvalue weighted by molar-refractivity contribution is -0.161. The van der Waals surface area contributed by atoms with E-state index >= 15 is 0 Å². The molecule has 0 radical (unpaired) electrons. The van der Waals surface area contributed by atoms with Crippen molar-refractivity contribution in [3.8, 4) is 0 Å². The summed E-state index contributed by atoms with van der Waals surface area (Å²) in [4.78, 5) is 11.4. The first-order valence-electron chi connectivity index (χ1n) is 5.40. The van der Waals surface area contributed by atoms with E-state index in [1.807, 2.05) is 0 Å². The molecule has 0 saturated carbocycles. The van der Waals surface area contributed by atoms with Crippen LogP contribution in [0, 0.1) is 0 Å². The first-order valence-corrected chi connectivity index (χ1v) is 5.40. The quantitative estimate of drug-likeness (QED) is 0.613. The first kappa shape index (κ1) is 12.1. The Bertz CT molecular complexity index is 426. The zero-order valence-electron chi connectivity index (χ0n) is 9.17. The summed E-state index contributed by atoms with van der Waals surface area (Å²) < 4.78 is 5.36. The highest BCUT2D eigenvalue weighted by molar-refractivity contribution is 6.58. The van der Waals surface area contributed by atoms with Crippen LogP contribution in [0.25, 0.3) is 0 Å². The van der Waals surface area contributed by atoms with Gasteiger partial charge in [0.25, 0.3) is 0 Å². The Morgan fingerprint density at radius 1 is 1.41 bits per heavy atom. The molecule has 1 heterocycles. The zero-order chi connectivity index (χ0) is 12.5. The van der Waals surface area contributed by atoms with Crippen LogP contribution in [-0.4, -0.2) is 34.8 Å². The molecule has 1 aromatic carbocycles. The van der Waals surface area contributed by atoms with Gasteiger partial charge < -0.3 is 19.9 Å². The molecule has 1 saturated heterocycles. The number of ether oxygens (including phenoxy) is 1. The largest absolute Gasteiger partial charge is 0.488 e. The lowest BCUT2D eigenvalue weighted by atomic mass is 9.77. The van der Waals surface area contributed by atoms with Crippen LogP contribution in [0.3, 0.4) is 0 Å². The van der Waals surface area contributed by atoms with E-state index in [2.05, 4.69) is 0 Å². The molecule has 5 nitrogen and oxygen atoms in total. The fourth-order valence-electron chi connectivity index (χ4n) is 2.11. The molecule has 1 unspecified atom stereocenters. The molecular weight excluding hydrogens is 223 g/mol. The van der Waals surface area contributed by atoms with Crippen molar-refractivity contribution in [1.29, 1.82) is 0 Å². The maximum atomic E-state index is 11.4. The SMILES string of the molecule is O=C(O)C1(c2cccc(B(O)O)c2)CCCO1. The van der Waals surface area contributed by atoms with Crippen LogP contribution in [0.2, 0.25) is 0 Å². The molecule has 0 aliphatic carbocycles. The number of carboxylic acids is 1. The Kier molecular flexibility index (Phi) is 3.19. The van der Waals surface area contributed by atoms with Crippen LogP contribution in [-0.2, 0) is 15.1 Å². The van der Waals surface area contributed by atoms with Gasteiger partial charge in [-0.3, -0.25) is 0 Å². The van der Waals surface area contributed by atoms with Gasteiger partial charge in [0.1, 0.15) is 0 Å². The summed E-state index contributed by atoms with van der Waals surface area (Å²) in [6, 6.07) is 6.21. The van der Waals surface area contributed by atoms with Crippen molar-refractivity contribution in [2.45, 2.75) is 18.4 Å². The minimum atomic E-state index is -1.61. The molecular formula is C11H13BO5. The molecule has 3 N–H and O–H groups in total. The van der Waals surface area contributed by atoms with Crippen molar-refractivity contribution in [2.75, 3.05) is 6.61 Å². The van der Waals surface area contributed by atoms with E-state index in [1.165, 1.54) is 12.1 Å². The minimum Gasteiger partial charge on any atom is -0.479 e. The predicted octanol–water partition coefficient (Wildman–Crippen LogP) is -0.543. The summed E-state index contributed by atoms with van der Waals surface area (Å²) in [7, 11) is -1.61. The third kappa shape index (κ3) is 2.07. The average Bonchev–Trinajstić information content (AvgIpc) is 2.79. The van der Waals surface area contributed by atoms with Crippen molar-refractivity contribution in [1.82, 2.24) is 0 Å². The third-order valence-corrected chi connectivity index (χ3v) is 3.02. The summed E-state index contributed by atoms with van der Waals surface area (Å²) >= 11 is 0. The van der Waals surface area contributed by atoms with Crippen molar-refractivity contribution in [3.63, 3.8) is 0 Å². The van der Waals surface area contributed by atoms with Gasteiger partial charge in [-0.05, 0) is 23.9 Å². The molecule has 0 spiro atoms. The van der Waals surface area contributed by atoms with Gasteiger partial charge in [-0.2, -0.15) is 0 Å². The normalized spacial score (nSPS) is 23.6. The first-order chi connectivity index (χ1) is 8.06. The highest BCUT2D eigenvalue weighted by atomic mass is 16.5. The van der Waals surface area contributed by atoms with Crippen LogP contribution < -0.4 is 5.46 Å². The molecule has 1 fully saturated rings. The van der Waals surface area contributed by atoms with E-state index < -0.39 is 18.7 Å². The summed E-state index contributed by atoms with van der Waals surface area (Å²) in [6.07, 6.45) is 1.07. The Hall–Kier alpha value is -1.37. The number of benzene rings is 1. The molecule has 0 bridgehead atoms. The van der Waals surface area contributed by atoms with Crippen molar-refractivity contribution < 1.29 is 24.7 Å². The minimum absolute atomic E-state index is 0.263. The van der Waals surface area contributed by atoms with E-state index in [1.54, 1.807) is 12.1 Å². The van der Waals surface area contributed by atoms with Gasteiger partial charge in [-0.15, -0.1) is 0 Å². The number of carboxylic acid groups (broad SMARTS) is 1. The second-order valence-corrected chi connectivity index (χ2v) is 4.08. The molecule has 1 aliphatic heterocycles. The molecule has 0 aromatic heterocycles. The Morgan fingerprint density at radius 2 is 2.18 bits per heavy atom. The Labute approximate surface area is 98.8 Å². The second kappa shape index (κ2) is 4.48. The van der Waals surface area contributed by atoms with Crippen LogP contribution in [0.15, 0.2) is 24.3 Å². The van der Waals surface area contributed by atoms with Gasteiger partial charge in [-0.25, -0.2) is 4.79 Å². The van der Waals surface area contributed by atoms with E-state index in [4.69, 9.17) is 14.8 Å². The molecule has 6 heteroatoms.